The van der Waals surface area contributed by atoms with E-state index in [1.165, 1.54) is 6.07 Å². The monoisotopic (exact) mass is 420 g/mol. The maximum atomic E-state index is 14.4. The fourth-order valence-electron chi connectivity index (χ4n) is 3.73. The molecule has 0 bridgehead atoms. The molecule has 1 fully saturated rings. The minimum atomic E-state index is -3.44. The van der Waals surface area contributed by atoms with E-state index in [1.54, 1.807) is 24.0 Å². The van der Waals surface area contributed by atoms with Gasteiger partial charge < -0.3 is 9.64 Å². The van der Waals surface area contributed by atoms with Gasteiger partial charge in [0, 0.05) is 18.2 Å². The molecule has 1 heterocycles. The van der Waals surface area contributed by atoms with Gasteiger partial charge in [-0.1, -0.05) is 36.4 Å². The average molecular weight is 421 g/mol. The minimum absolute atomic E-state index is 0.237. The van der Waals surface area contributed by atoms with Crippen LogP contribution in [-0.2, 0) is 21.2 Å². The topological polar surface area (TPSA) is 75.7 Å². The van der Waals surface area contributed by atoms with Crippen molar-refractivity contribution in [1.29, 1.82) is 0 Å². The number of likely N-dealkylation sites (tertiary alicyclic amines) is 1. The van der Waals surface area contributed by atoms with Gasteiger partial charge >= 0.3 is 6.09 Å². The zero-order valence-electron chi connectivity index (χ0n) is 16.5. The van der Waals surface area contributed by atoms with Crippen LogP contribution in [0.15, 0.2) is 48.5 Å². The highest BCUT2D eigenvalue weighted by Gasteiger charge is 2.39. The van der Waals surface area contributed by atoms with Gasteiger partial charge in [-0.25, -0.2) is 22.3 Å². The maximum Gasteiger partial charge on any atom is 0.410 e. The molecule has 1 amide bonds. The number of nitrogens with one attached hydrogen (secondary N) is 1. The lowest BCUT2D eigenvalue weighted by Gasteiger charge is -2.28. The van der Waals surface area contributed by atoms with E-state index in [0.717, 1.165) is 17.4 Å². The van der Waals surface area contributed by atoms with E-state index in [2.05, 4.69) is 4.72 Å². The van der Waals surface area contributed by atoms with Crippen LogP contribution in [0.3, 0.4) is 0 Å². The predicted molar refractivity (Wildman–Crippen MR) is 109 cm³/mol. The molecule has 0 aliphatic carbocycles. The number of amides is 1. The normalized spacial score (nSPS) is 19.3. The van der Waals surface area contributed by atoms with Crippen LogP contribution < -0.4 is 4.72 Å². The number of hydrogen-bond acceptors (Lipinski definition) is 4. The van der Waals surface area contributed by atoms with Crippen molar-refractivity contribution in [2.75, 3.05) is 19.4 Å². The Morgan fingerprint density at radius 3 is 2.62 bits per heavy atom. The van der Waals surface area contributed by atoms with Gasteiger partial charge in [0.25, 0.3) is 0 Å². The molecule has 29 heavy (non-hydrogen) atoms. The zero-order chi connectivity index (χ0) is 21.0. The first-order valence-corrected chi connectivity index (χ1v) is 11.4. The van der Waals surface area contributed by atoms with Crippen LogP contribution in [-0.4, -0.2) is 50.9 Å². The van der Waals surface area contributed by atoms with Crippen LogP contribution in [0.2, 0.25) is 0 Å². The summed E-state index contributed by atoms with van der Waals surface area (Å²) in [6.07, 6.45) is 1.50. The summed E-state index contributed by atoms with van der Waals surface area (Å²) in [7, 11) is -3.44. The number of benzene rings is 2. The van der Waals surface area contributed by atoms with E-state index in [0.29, 0.717) is 24.9 Å². The van der Waals surface area contributed by atoms with E-state index in [4.69, 9.17) is 4.74 Å². The van der Waals surface area contributed by atoms with Crippen molar-refractivity contribution in [3.63, 3.8) is 0 Å². The summed E-state index contributed by atoms with van der Waals surface area (Å²) in [5.74, 6) is -0.334. The maximum absolute atomic E-state index is 14.4. The Labute approximate surface area is 170 Å². The van der Waals surface area contributed by atoms with E-state index >= 15 is 0 Å². The van der Waals surface area contributed by atoms with Crippen LogP contribution in [0.5, 0.6) is 0 Å². The van der Waals surface area contributed by atoms with Crippen molar-refractivity contribution in [1.82, 2.24) is 9.62 Å². The molecule has 2 atom stereocenters. The molecule has 1 saturated heterocycles. The first-order valence-electron chi connectivity index (χ1n) is 9.53. The van der Waals surface area contributed by atoms with Crippen LogP contribution in [0.1, 0.15) is 18.9 Å². The molecule has 0 saturated carbocycles. The van der Waals surface area contributed by atoms with Gasteiger partial charge in [0.05, 0.1) is 18.9 Å². The zero-order valence-corrected chi connectivity index (χ0v) is 17.3. The number of rotatable bonds is 6. The van der Waals surface area contributed by atoms with E-state index in [9.17, 15) is 17.6 Å². The lowest BCUT2D eigenvalue weighted by atomic mass is 9.96. The Kier molecular flexibility index (Phi) is 6.54. The van der Waals surface area contributed by atoms with Crippen molar-refractivity contribution < 1.29 is 22.3 Å². The summed E-state index contributed by atoms with van der Waals surface area (Å²) in [6.45, 7) is 2.35. The second-order valence-corrected chi connectivity index (χ2v) is 8.91. The van der Waals surface area contributed by atoms with Gasteiger partial charge in [-0.05, 0) is 43.0 Å². The largest absolute Gasteiger partial charge is 0.450 e. The number of halogens is 1. The Balaban J connectivity index is 1.90. The number of hydrogen-bond donors (Lipinski definition) is 1. The Bertz CT molecular complexity index is 966. The van der Waals surface area contributed by atoms with Crippen molar-refractivity contribution in [3.05, 3.63) is 59.9 Å². The number of carbonyl (C=O) groups is 1. The Morgan fingerprint density at radius 2 is 1.97 bits per heavy atom. The molecule has 1 aliphatic rings. The molecule has 8 heteroatoms. The van der Waals surface area contributed by atoms with Crippen LogP contribution in [0, 0.1) is 5.82 Å². The highest BCUT2D eigenvalue weighted by atomic mass is 32.2. The molecule has 0 spiro atoms. The van der Waals surface area contributed by atoms with Gasteiger partial charge in [0.2, 0.25) is 10.0 Å². The highest BCUT2D eigenvalue weighted by molar-refractivity contribution is 7.88. The SMILES string of the molecule is CCOC(=O)N1CC[C@@H](NS(C)(=O)=O)[C@H]1Cc1ccc(F)c(-c2ccccc2)c1. The van der Waals surface area contributed by atoms with E-state index < -0.39 is 28.2 Å². The van der Waals surface area contributed by atoms with Crippen molar-refractivity contribution in [2.24, 2.45) is 0 Å². The molecular weight excluding hydrogens is 395 g/mol. The fraction of sp³-hybridized carbons (Fsp3) is 0.381. The lowest BCUT2D eigenvalue weighted by molar-refractivity contribution is 0.101. The summed E-state index contributed by atoms with van der Waals surface area (Å²) in [4.78, 5) is 13.9. The van der Waals surface area contributed by atoms with Gasteiger partial charge in [0.15, 0.2) is 0 Å². The molecule has 0 aromatic heterocycles. The summed E-state index contributed by atoms with van der Waals surface area (Å²) < 4.78 is 45.7. The number of nitrogens with zero attached hydrogens (tertiary/aromatic N) is 1. The first-order chi connectivity index (χ1) is 13.8. The summed E-state index contributed by atoms with van der Waals surface area (Å²) in [5.41, 5.74) is 2.04. The molecule has 2 aromatic rings. The number of sulfonamides is 1. The molecule has 0 unspecified atom stereocenters. The predicted octanol–water partition coefficient (Wildman–Crippen LogP) is 3.18. The van der Waals surface area contributed by atoms with Crippen molar-refractivity contribution >= 4 is 16.1 Å². The summed E-state index contributed by atoms with van der Waals surface area (Å²) in [5, 5.41) is 0. The second kappa shape index (κ2) is 8.92. The minimum Gasteiger partial charge on any atom is -0.450 e. The van der Waals surface area contributed by atoms with Crippen molar-refractivity contribution in [2.45, 2.75) is 31.8 Å². The quantitative estimate of drug-likeness (QED) is 0.779. The first kappa shape index (κ1) is 21.3. The third-order valence-corrected chi connectivity index (χ3v) is 5.70. The van der Waals surface area contributed by atoms with Gasteiger partial charge in [-0.15, -0.1) is 0 Å². The summed E-state index contributed by atoms with van der Waals surface area (Å²) in [6, 6.07) is 13.2. The highest BCUT2D eigenvalue weighted by Crippen LogP contribution is 2.28. The standard InChI is InChI=1S/C21H25FN2O4S/c1-3-28-21(25)24-12-11-19(23-29(2,26)27)20(24)14-15-9-10-18(22)17(13-15)16-7-5-4-6-8-16/h4-10,13,19-20,23H,3,11-12,14H2,1-2H3/t19-,20-/m1/s1. The molecule has 2 aromatic carbocycles. The third kappa shape index (κ3) is 5.33. The van der Waals surface area contributed by atoms with Gasteiger partial charge in [-0.3, -0.25) is 0 Å². The molecular formula is C21H25FN2O4S. The molecule has 1 aliphatic heterocycles. The average Bonchev–Trinajstić information content (AvgIpc) is 3.05. The van der Waals surface area contributed by atoms with Crippen molar-refractivity contribution in [3.8, 4) is 11.1 Å². The molecule has 156 valence electrons. The summed E-state index contributed by atoms with van der Waals surface area (Å²) >= 11 is 0. The number of ether oxygens (including phenoxy) is 1. The molecule has 6 nitrogen and oxygen atoms in total. The van der Waals surface area contributed by atoms with Crippen LogP contribution in [0.4, 0.5) is 9.18 Å². The molecule has 3 rings (SSSR count). The lowest BCUT2D eigenvalue weighted by Crippen LogP contribution is -2.47. The van der Waals surface area contributed by atoms with Gasteiger partial charge in [-0.2, -0.15) is 0 Å². The number of carbonyl (C=O) groups excluding carboxylic acids is 1. The van der Waals surface area contributed by atoms with E-state index in [1.807, 2.05) is 30.3 Å². The fourth-order valence-corrected chi connectivity index (χ4v) is 4.56. The van der Waals surface area contributed by atoms with Gasteiger partial charge in [0.1, 0.15) is 5.82 Å². The smallest absolute Gasteiger partial charge is 0.410 e. The third-order valence-electron chi connectivity index (χ3n) is 4.97. The van der Waals surface area contributed by atoms with Crippen LogP contribution in [0.25, 0.3) is 11.1 Å². The second-order valence-electron chi connectivity index (χ2n) is 7.13. The molecule has 1 N–H and O–H groups in total. The van der Waals surface area contributed by atoms with E-state index in [-0.39, 0.29) is 12.4 Å². The molecule has 0 radical (unpaired) electrons. The van der Waals surface area contributed by atoms with Crippen LogP contribution >= 0.6 is 0 Å². The Hall–Kier alpha value is -2.45. The Morgan fingerprint density at radius 1 is 1.24 bits per heavy atom.